The number of nitrogens with one attached hydrogen (secondary N) is 1. The van der Waals surface area contributed by atoms with E-state index in [1.807, 2.05) is 20.8 Å². The average molecular weight is 221 g/mol. The normalized spacial score (nSPS) is 12.6. The molecule has 0 bridgehead atoms. The van der Waals surface area contributed by atoms with Crippen molar-refractivity contribution in [3.8, 4) is 5.75 Å². The Balaban J connectivity index is 2.74. The summed E-state index contributed by atoms with van der Waals surface area (Å²) in [6.07, 6.45) is 0. The molecule has 0 radical (unpaired) electrons. The van der Waals surface area contributed by atoms with Gasteiger partial charge in [-0.2, -0.15) is 0 Å². The molecule has 3 nitrogen and oxygen atoms in total. The molecule has 0 fully saturated rings. The highest BCUT2D eigenvalue weighted by Gasteiger charge is 2.16. The zero-order valence-electron chi connectivity index (χ0n) is 10.2. The third-order valence-electron chi connectivity index (χ3n) is 2.88. The van der Waals surface area contributed by atoms with Gasteiger partial charge in [-0.1, -0.05) is 20.8 Å². The first-order valence-corrected chi connectivity index (χ1v) is 5.52. The van der Waals surface area contributed by atoms with E-state index in [0.717, 1.165) is 11.3 Å². The molecule has 3 heteroatoms. The van der Waals surface area contributed by atoms with Crippen molar-refractivity contribution in [1.29, 1.82) is 0 Å². The Hall–Kier alpha value is -1.51. The number of aryl methyl sites for hydroxylation is 1. The molecule has 0 aliphatic carbocycles. The molecule has 16 heavy (non-hydrogen) atoms. The zero-order valence-corrected chi connectivity index (χ0v) is 10.2. The lowest BCUT2D eigenvalue weighted by atomic mass is 9.97. The number of phenolic OH excluding ortho intramolecular Hbond substituents is 1. The van der Waals surface area contributed by atoms with Crippen molar-refractivity contribution in [3.63, 3.8) is 0 Å². The molecule has 0 aromatic heterocycles. The van der Waals surface area contributed by atoms with Crippen LogP contribution in [-0.4, -0.2) is 11.0 Å². The summed E-state index contributed by atoms with van der Waals surface area (Å²) in [6.45, 7) is 7.75. The molecule has 1 unspecified atom stereocenters. The van der Waals surface area contributed by atoms with E-state index in [2.05, 4.69) is 5.32 Å². The van der Waals surface area contributed by atoms with Gasteiger partial charge in [-0.3, -0.25) is 4.79 Å². The largest absolute Gasteiger partial charge is 0.508 e. The third kappa shape index (κ3) is 2.99. The summed E-state index contributed by atoms with van der Waals surface area (Å²) in [5, 5.41) is 12.2. The number of benzene rings is 1. The van der Waals surface area contributed by atoms with Crippen molar-refractivity contribution in [1.82, 2.24) is 0 Å². The number of rotatable bonds is 3. The highest BCUT2D eigenvalue weighted by Crippen LogP contribution is 2.21. The molecule has 1 atom stereocenters. The Kier molecular flexibility index (Phi) is 3.93. The molecule has 2 N–H and O–H groups in total. The summed E-state index contributed by atoms with van der Waals surface area (Å²) in [5.41, 5.74) is 1.49. The van der Waals surface area contributed by atoms with Crippen LogP contribution in [0.15, 0.2) is 18.2 Å². The Morgan fingerprint density at radius 2 is 1.94 bits per heavy atom. The highest BCUT2D eigenvalue weighted by molar-refractivity contribution is 5.92. The van der Waals surface area contributed by atoms with E-state index in [0.29, 0.717) is 5.92 Å². The van der Waals surface area contributed by atoms with Gasteiger partial charge < -0.3 is 10.4 Å². The molecule has 0 spiro atoms. The minimum Gasteiger partial charge on any atom is -0.508 e. The minimum atomic E-state index is -0.0193. The zero-order chi connectivity index (χ0) is 12.3. The van der Waals surface area contributed by atoms with Crippen LogP contribution in [0.2, 0.25) is 0 Å². The second-order valence-electron chi connectivity index (χ2n) is 4.52. The smallest absolute Gasteiger partial charge is 0.227 e. The molecule has 0 saturated carbocycles. The predicted octanol–water partition coefficient (Wildman–Crippen LogP) is 2.93. The molecule has 0 aliphatic heterocycles. The first-order valence-electron chi connectivity index (χ1n) is 5.52. The molecule has 0 heterocycles. The molecule has 1 rings (SSSR count). The Bertz CT molecular complexity index is 386. The van der Waals surface area contributed by atoms with Crippen molar-refractivity contribution >= 4 is 11.6 Å². The summed E-state index contributed by atoms with van der Waals surface area (Å²) >= 11 is 0. The van der Waals surface area contributed by atoms with Crippen LogP contribution in [0.3, 0.4) is 0 Å². The van der Waals surface area contributed by atoms with E-state index in [9.17, 15) is 9.90 Å². The fraction of sp³-hybridized carbons (Fsp3) is 0.462. The van der Waals surface area contributed by atoms with Crippen LogP contribution in [-0.2, 0) is 4.79 Å². The maximum Gasteiger partial charge on any atom is 0.227 e. The number of amides is 1. The van der Waals surface area contributed by atoms with Gasteiger partial charge in [0.15, 0.2) is 0 Å². The molecule has 1 aromatic rings. The highest BCUT2D eigenvalue weighted by atomic mass is 16.3. The van der Waals surface area contributed by atoms with Crippen LogP contribution in [0.4, 0.5) is 5.69 Å². The van der Waals surface area contributed by atoms with Crippen molar-refractivity contribution in [2.45, 2.75) is 27.7 Å². The number of hydrogen-bond donors (Lipinski definition) is 2. The van der Waals surface area contributed by atoms with E-state index < -0.39 is 0 Å². The van der Waals surface area contributed by atoms with E-state index >= 15 is 0 Å². The summed E-state index contributed by atoms with van der Waals surface area (Å²) < 4.78 is 0. The van der Waals surface area contributed by atoms with Crippen molar-refractivity contribution in [3.05, 3.63) is 23.8 Å². The SMILES string of the molecule is Cc1cc(NC(=O)C(C)C(C)C)ccc1O. The van der Waals surface area contributed by atoms with Gasteiger partial charge >= 0.3 is 0 Å². The van der Waals surface area contributed by atoms with Crippen molar-refractivity contribution in [2.24, 2.45) is 11.8 Å². The van der Waals surface area contributed by atoms with Crippen LogP contribution >= 0.6 is 0 Å². The number of anilines is 1. The first kappa shape index (κ1) is 12.6. The lowest BCUT2D eigenvalue weighted by Crippen LogP contribution is -2.24. The molecule has 88 valence electrons. The van der Waals surface area contributed by atoms with Crippen LogP contribution in [0.1, 0.15) is 26.3 Å². The van der Waals surface area contributed by atoms with Crippen molar-refractivity contribution < 1.29 is 9.90 Å². The van der Waals surface area contributed by atoms with Gasteiger partial charge in [0.1, 0.15) is 5.75 Å². The van der Waals surface area contributed by atoms with Gasteiger partial charge in [0.25, 0.3) is 0 Å². The number of aromatic hydroxyl groups is 1. The second kappa shape index (κ2) is 5.01. The van der Waals surface area contributed by atoms with E-state index in [4.69, 9.17) is 0 Å². The molecular formula is C13H19NO2. The second-order valence-corrected chi connectivity index (χ2v) is 4.52. The summed E-state index contributed by atoms with van der Waals surface area (Å²) in [7, 11) is 0. The quantitative estimate of drug-likeness (QED) is 0.771. The molecule has 1 aromatic carbocycles. The van der Waals surface area contributed by atoms with E-state index in [1.54, 1.807) is 25.1 Å². The molecule has 0 aliphatic rings. The van der Waals surface area contributed by atoms with Gasteiger partial charge in [-0.15, -0.1) is 0 Å². The standard InChI is InChI=1S/C13H19NO2/c1-8(2)10(4)13(16)14-11-5-6-12(15)9(3)7-11/h5-8,10,15H,1-4H3,(H,14,16). The van der Waals surface area contributed by atoms with Crippen molar-refractivity contribution in [2.75, 3.05) is 5.32 Å². The van der Waals surface area contributed by atoms with E-state index in [1.165, 1.54) is 0 Å². The monoisotopic (exact) mass is 221 g/mol. The van der Waals surface area contributed by atoms with Gasteiger partial charge in [-0.25, -0.2) is 0 Å². The molecule has 1 amide bonds. The topological polar surface area (TPSA) is 49.3 Å². The summed E-state index contributed by atoms with van der Waals surface area (Å²) in [6, 6.07) is 5.05. The molecular weight excluding hydrogens is 202 g/mol. The van der Waals surface area contributed by atoms with Gasteiger partial charge in [0, 0.05) is 11.6 Å². The summed E-state index contributed by atoms with van der Waals surface area (Å²) in [4.78, 5) is 11.8. The number of phenols is 1. The van der Waals surface area contributed by atoms with Gasteiger partial charge in [0.05, 0.1) is 0 Å². The maximum absolute atomic E-state index is 11.8. The van der Waals surface area contributed by atoms with Crippen LogP contribution < -0.4 is 5.32 Å². The fourth-order valence-electron chi connectivity index (χ4n) is 1.29. The fourth-order valence-corrected chi connectivity index (χ4v) is 1.29. The Morgan fingerprint density at radius 1 is 1.31 bits per heavy atom. The number of hydrogen-bond acceptors (Lipinski definition) is 2. The number of carbonyl (C=O) groups excluding carboxylic acids is 1. The first-order chi connectivity index (χ1) is 7.41. The average Bonchev–Trinajstić information content (AvgIpc) is 2.22. The summed E-state index contributed by atoms with van der Waals surface area (Å²) in [5.74, 6) is 0.558. The number of carbonyl (C=O) groups is 1. The Labute approximate surface area is 96.5 Å². The maximum atomic E-state index is 11.8. The molecule has 0 saturated heterocycles. The third-order valence-corrected chi connectivity index (χ3v) is 2.88. The van der Waals surface area contributed by atoms with Crippen LogP contribution in [0.25, 0.3) is 0 Å². The van der Waals surface area contributed by atoms with Gasteiger partial charge in [0.2, 0.25) is 5.91 Å². The van der Waals surface area contributed by atoms with Gasteiger partial charge in [-0.05, 0) is 36.6 Å². The lowest BCUT2D eigenvalue weighted by molar-refractivity contribution is -0.120. The Morgan fingerprint density at radius 3 is 2.44 bits per heavy atom. The lowest BCUT2D eigenvalue weighted by Gasteiger charge is -2.15. The predicted molar refractivity (Wildman–Crippen MR) is 65.5 cm³/mol. The van der Waals surface area contributed by atoms with E-state index in [-0.39, 0.29) is 17.6 Å². The van der Waals surface area contributed by atoms with Crippen LogP contribution in [0, 0.1) is 18.8 Å². The minimum absolute atomic E-state index is 0.0140. The van der Waals surface area contributed by atoms with Crippen LogP contribution in [0.5, 0.6) is 5.75 Å².